The summed E-state index contributed by atoms with van der Waals surface area (Å²) < 4.78 is 7.31. The van der Waals surface area contributed by atoms with Gasteiger partial charge in [0.2, 0.25) is 0 Å². The van der Waals surface area contributed by atoms with Crippen LogP contribution in [0.2, 0.25) is 10.2 Å². The van der Waals surface area contributed by atoms with E-state index in [0.717, 1.165) is 5.82 Å². The second-order valence-corrected chi connectivity index (χ2v) is 4.07. The lowest BCUT2D eigenvalue weighted by Crippen LogP contribution is -2.03. The van der Waals surface area contributed by atoms with E-state index >= 15 is 0 Å². The predicted molar refractivity (Wildman–Crippen MR) is 64.0 cm³/mol. The molecule has 2 aromatic rings. The first-order chi connectivity index (χ1) is 7.68. The smallest absolute Gasteiger partial charge is 0.147 e. The third-order valence-electron chi connectivity index (χ3n) is 2.22. The lowest BCUT2D eigenvalue weighted by atomic mass is 10.3. The standard InChI is InChI=1S/C11H10Cl2N2O/c1-15-10(13)6-14-11(15)7-16-9-5-3-2-4-8(9)12/h2-6H,7H2,1H3. The van der Waals surface area contributed by atoms with E-state index in [1.807, 2.05) is 25.2 Å². The van der Waals surface area contributed by atoms with Crippen LogP contribution in [0.5, 0.6) is 5.75 Å². The van der Waals surface area contributed by atoms with Crippen LogP contribution in [0, 0.1) is 0 Å². The van der Waals surface area contributed by atoms with Crippen molar-refractivity contribution in [1.29, 1.82) is 0 Å². The first kappa shape index (κ1) is 11.3. The molecule has 2 rings (SSSR count). The normalized spacial score (nSPS) is 10.4. The van der Waals surface area contributed by atoms with E-state index in [1.54, 1.807) is 16.8 Å². The molecule has 5 heteroatoms. The Kier molecular flexibility index (Phi) is 3.36. The Bertz CT molecular complexity index is 496. The van der Waals surface area contributed by atoms with Crippen molar-refractivity contribution < 1.29 is 4.74 Å². The molecule has 3 nitrogen and oxygen atoms in total. The maximum atomic E-state index is 5.96. The van der Waals surface area contributed by atoms with Gasteiger partial charge in [0.1, 0.15) is 23.3 Å². The highest BCUT2D eigenvalue weighted by Gasteiger charge is 2.06. The van der Waals surface area contributed by atoms with Crippen LogP contribution in [0.4, 0.5) is 0 Å². The highest BCUT2D eigenvalue weighted by Crippen LogP contribution is 2.24. The monoisotopic (exact) mass is 256 g/mol. The second-order valence-electron chi connectivity index (χ2n) is 3.28. The molecule has 1 aromatic heterocycles. The summed E-state index contributed by atoms with van der Waals surface area (Å²) in [5.41, 5.74) is 0. The molecule has 0 spiro atoms. The van der Waals surface area contributed by atoms with Gasteiger partial charge >= 0.3 is 0 Å². The van der Waals surface area contributed by atoms with Gasteiger partial charge in [-0.15, -0.1) is 0 Å². The molecule has 1 heterocycles. The number of hydrogen-bond donors (Lipinski definition) is 0. The van der Waals surface area contributed by atoms with Gasteiger partial charge < -0.3 is 9.30 Å². The maximum Gasteiger partial charge on any atom is 0.147 e. The molecular weight excluding hydrogens is 247 g/mol. The number of nitrogens with zero attached hydrogens (tertiary/aromatic N) is 2. The molecule has 1 aromatic carbocycles. The molecule has 0 fully saturated rings. The molecule has 84 valence electrons. The number of aromatic nitrogens is 2. The van der Waals surface area contributed by atoms with Crippen molar-refractivity contribution in [3.63, 3.8) is 0 Å². The van der Waals surface area contributed by atoms with Crippen molar-refractivity contribution in [3.8, 4) is 5.75 Å². The van der Waals surface area contributed by atoms with Crippen molar-refractivity contribution in [2.75, 3.05) is 0 Å². The number of rotatable bonds is 3. The highest BCUT2D eigenvalue weighted by atomic mass is 35.5. The number of ether oxygens (including phenoxy) is 1. The topological polar surface area (TPSA) is 27.1 Å². The summed E-state index contributed by atoms with van der Waals surface area (Å²) in [4.78, 5) is 4.12. The molecule has 0 saturated heterocycles. The Morgan fingerprint density at radius 2 is 2.06 bits per heavy atom. The Morgan fingerprint density at radius 1 is 1.31 bits per heavy atom. The zero-order valence-electron chi connectivity index (χ0n) is 8.65. The molecule has 0 aliphatic heterocycles. The molecule has 0 radical (unpaired) electrons. The SMILES string of the molecule is Cn1c(Cl)cnc1COc1ccccc1Cl. The van der Waals surface area contributed by atoms with Gasteiger partial charge in [-0.1, -0.05) is 35.3 Å². The highest BCUT2D eigenvalue weighted by molar-refractivity contribution is 6.32. The van der Waals surface area contributed by atoms with E-state index in [4.69, 9.17) is 27.9 Å². The minimum absolute atomic E-state index is 0.340. The summed E-state index contributed by atoms with van der Waals surface area (Å²) in [6, 6.07) is 7.31. The molecule has 0 unspecified atom stereocenters. The van der Waals surface area contributed by atoms with Gasteiger partial charge in [-0.3, -0.25) is 0 Å². The van der Waals surface area contributed by atoms with Crippen molar-refractivity contribution in [1.82, 2.24) is 9.55 Å². The number of halogens is 2. The molecule has 0 aliphatic carbocycles. The lowest BCUT2D eigenvalue weighted by molar-refractivity contribution is 0.292. The van der Waals surface area contributed by atoms with Crippen molar-refractivity contribution >= 4 is 23.2 Å². The van der Waals surface area contributed by atoms with Crippen molar-refractivity contribution in [2.24, 2.45) is 7.05 Å². The zero-order chi connectivity index (χ0) is 11.5. The maximum absolute atomic E-state index is 5.96. The van der Waals surface area contributed by atoms with Crippen LogP contribution in [-0.2, 0) is 13.7 Å². The zero-order valence-corrected chi connectivity index (χ0v) is 10.2. The second kappa shape index (κ2) is 4.76. The predicted octanol–water partition coefficient (Wildman–Crippen LogP) is 3.31. The van der Waals surface area contributed by atoms with Crippen LogP contribution in [0.3, 0.4) is 0 Å². The average Bonchev–Trinajstić information content (AvgIpc) is 2.59. The van der Waals surface area contributed by atoms with Gasteiger partial charge in [0.05, 0.1) is 11.2 Å². The minimum atomic E-state index is 0.340. The number of para-hydroxylation sites is 1. The average molecular weight is 257 g/mol. The summed E-state index contributed by atoms with van der Waals surface area (Å²) in [7, 11) is 1.83. The Hall–Kier alpha value is -1.19. The van der Waals surface area contributed by atoms with Crippen LogP contribution in [-0.4, -0.2) is 9.55 Å². The van der Waals surface area contributed by atoms with E-state index in [2.05, 4.69) is 4.98 Å². The fraction of sp³-hybridized carbons (Fsp3) is 0.182. The van der Waals surface area contributed by atoms with E-state index < -0.39 is 0 Å². The first-order valence-electron chi connectivity index (χ1n) is 4.72. The van der Waals surface area contributed by atoms with Crippen LogP contribution in [0.15, 0.2) is 30.5 Å². The summed E-state index contributed by atoms with van der Waals surface area (Å²) in [6.45, 7) is 0.340. The number of benzene rings is 1. The van der Waals surface area contributed by atoms with E-state index in [0.29, 0.717) is 22.5 Å². The summed E-state index contributed by atoms with van der Waals surface area (Å²) in [5.74, 6) is 1.40. The van der Waals surface area contributed by atoms with Crippen LogP contribution >= 0.6 is 23.2 Å². The molecule has 0 aliphatic rings. The molecule has 0 bridgehead atoms. The van der Waals surface area contributed by atoms with Crippen LogP contribution < -0.4 is 4.74 Å². The van der Waals surface area contributed by atoms with Gasteiger partial charge in [0.15, 0.2) is 0 Å². The van der Waals surface area contributed by atoms with Crippen LogP contribution in [0.1, 0.15) is 5.82 Å². The van der Waals surface area contributed by atoms with Gasteiger partial charge in [0.25, 0.3) is 0 Å². The minimum Gasteiger partial charge on any atom is -0.484 e. The molecule has 0 atom stereocenters. The number of hydrogen-bond acceptors (Lipinski definition) is 2. The first-order valence-corrected chi connectivity index (χ1v) is 5.47. The van der Waals surface area contributed by atoms with Gasteiger partial charge in [-0.25, -0.2) is 4.98 Å². The summed E-state index contributed by atoms with van der Waals surface area (Å²) >= 11 is 11.8. The third kappa shape index (κ3) is 2.31. The Morgan fingerprint density at radius 3 is 2.69 bits per heavy atom. The summed E-state index contributed by atoms with van der Waals surface area (Å²) in [6.07, 6.45) is 1.59. The molecule has 0 saturated carbocycles. The number of imidazole rings is 1. The van der Waals surface area contributed by atoms with Gasteiger partial charge in [0, 0.05) is 7.05 Å². The van der Waals surface area contributed by atoms with Gasteiger partial charge in [-0.2, -0.15) is 0 Å². The Labute approximate surface area is 104 Å². The Balaban J connectivity index is 2.08. The van der Waals surface area contributed by atoms with Crippen molar-refractivity contribution in [2.45, 2.75) is 6.61 Å². The fourth-order valence-electron chi connectivity index (χ4n) is 1.26. The molecule has 0 N–H and O–H groups in total. The molecule has 0 amide bonds. The largest absolute Gasteiger partial charge is 0.484 e. The third-order valence-corrected chi connectivity index (χ3v) is 2.88. The summed E-state index contributed by atoms with van der Waals surface area (Å²) in [5, 5.41) is 1.17. The van der Waals surface area contributed by atoms with E-state index in [9.17, 15) is 0 Å². The lowest BCUT2D eigenvalue weighted by Gasteiger charge is -2.07. The van der Waals surface area contributed by atoms with E-state index in [-0.39, 0.29) is 0 Å². The quantitative estimate of drug-likeness (QED) is 0.843. The van der Waals surface area contributed by atoms with E-state index in [1.165, 1.54) is 0 Å². The van der Waals surface area contributed by atoms with Gasteiger partial charge in [-0.05, 0) is 12.1 Å². The van der Waals surface area contributed by atoms with Crippen LogP contribution in [0.25, 0.3) is 0 Å². The molecule has 16 heavy (non-hydrogen) atoms. The fourth-order valence-corrected chi connectivity index (χ4v) is 1.60. The molecular formula is C11H10Cl2N2O. The van der Waals surface area contributed by atoms with Crippen molar-refractivity contribution in [3.05, 3.63) is 46.5 Å².